The van der Waals surface area contributed by atoms with Crippen LogP contribution in [0, 0.1) is 0 Å². The third-order valence-corrected chi connectivity index (χ3v) is 2.84. The first-order valence-corrected chi connectivity index (χ1v) is 5.73. The third-order valence-electron chi connectivity index (χ3n) is 2.84. The number of esters is 1. The van der Waals surface area contributed by atoms with E-state index in [4.69, 9.17) is 4.74 Å². The minimum absolute atomic E-state index is 0.0215. The van der Waals surface area contributed by atoms with Crippen LogP contribution in [0.3, 0.4) is 0 Å². The second-order valence-corrected chi connectivity index (χ2v) is 3.89. The van der Waals surface area contributed by atoms with Crippen LogP contribution >= 0.6 is 0 Å². The van der Waals surface area contributed by atoms with E-state index in [1.165, 1.54) is 0 Å². The van der Waals surface area contributed by atoms with Gasteiger partial charge in [-0.05, 0) is 26.3 Å². The lowest BCUT2D eigenvalue weighted by atomic mass is 10.0. The Hall–Kier alpha value is -0.640. The summed E-state index contributed by atoms with van der Waals surface area (Å²) in [7, 11) is 0. The summed E-state index contributed by atoms with van der Waals surface area (Å²) in [4.78, 5) is 13.2. The van der Waals surface area contributed by atoms with E-state index in [0.29, 0.717) is 19.6 Å². The Kier molecular flexibility index (Phi) is 5.61. The lowest BCUT2D eigenvalue weighted by molar-refractivity contribution is -0.143. The minimum atomic E-state index is -0.303. The van der Waals surface area contributed by atoms with Gasteiger partial charge in [-0.2, -0.15) is 0 Å². The first kappa shape index (κ1) is 12.4. The number of ether oxygens (including phenoxy) is 1. The van der Waals surface area contributed by atoms with Crippen molar-refractivity contribution in [1.29, 1.82) is 0 Å². The topological polar surface area (TPSA) is 29.5 Å². The van der Waals surface area contributed by atoms with Gasteiger partial charge in [-0.15, -0.1) is 0 Å². The van der Waals surface area contributed by atoms with Gasteiger partial charge in [0.25, 0.3) is 0 Å². The summed E-state index contributed by atoms with van der Waals surface area (Å²) in [6.45, 7) is 3.46. The van der Waals surface area contributed by atoms with E-state index in [0.717, 1.165) is 25.8 Å². The molecule has 0 unspecified atom stereocenters. The van der Waals surface area contributed by atoms with Crippen LogP contribution in [0.2, 0.25) is 0 Å². The molecular formula is C11H20FNO2. The molecule has 0 saturated carbocycles. The van der Waals surface area contributed by atoms with E-state index >= 15 is 0 Å². The molecule has 0 bridgehead atoms. The average Bonchev–Trinajstić information content (AvgIpc) is 2.27. The van der Waals surface area contributed by atoms with Crippen molar-refractivity contribution < 1.29 is 13.9 Å². The van der Waals surface area contributed by atoms with Crippen molar-refractivity contribution in [1.82, 2.24) is 4.90 Å². The SMILES string of the molecule is CCOC(=O)CCN1CCCC[C@@H]1CF. The van der Waals surface area contributed by atoms with Crippen molar-refractivity contribution in [2.75, 3.05) is 26.4 Å². The van der Waals surface area contributed by atoms with Gasteiger partial charge < -0.3 is 4.74 Å². The molecule has 88 valence electrons. The van der Waals surface area contributed by atoms with Crippen molar-refractivity contribution in [2.45, 2.75) is 38.6 Å². The van der Waals surface area contributed by atoms with Crippen molar-refractivity contribution in [3.63, 3.8) is 0 Å². The Balaban J connectivity index is 2.26. The number of likely N-dealkylation sites (tertiary alicyclic amines) is 1. The maximum absolute atomic E-state index is 12.6. The number of carbonyl (C=O) groups is 1. The Labute approximate surface area is 90.6 Å². The molecule has 1 fully saturated rings. The fourth-order valence-electron chi connectivity index (χ4n) is 2.00. The fraction of sp³-hybridized carbons (Fsp3) is 0.909. The minimum Gasteiger partial charge on any atom is -0.466 e. The van der Waals surface area contributed by atoms with Gasteiger partial charge in [0.05, 0.1) is 13.0 Å². The number of carbonyl (C=O) groups excluding carboxylic acids is 1. The summed E-state index contributed by atoms with van der Waals surface area (Å²) in [6.07, 6.45) is 3.51. The van der Waals surface area contributed by atoms with Crippen LogP contribution in [0.4, 0.5) is 4.39 Å². The van der Waals surface area contributed by atoms with Crippen LogP contribution in [-0.2, 0) is 9.53 Å². The normalized spacial score (nSPS) is 22.7. The molecule has 0 aromatic heterocycles. The van der Waals surface area contributed by atoms with E-state index < -0.39 is 0 Å². The van der Waals surface area contributed by atoms with E-state index in [2.05, 4.69) is 4.90 Å². The third kappa shape index (κ3) is 4.16. The summed E-state index contributed by atoms with van der Waals surface area (Å²) in [6, 6.07) is 0.0215. The largest absolute Gasteiger partial charge is 0.466 e. The molecule has 3 nitrogen and oxygen atoms in total. The quantitative estimate of drug-likeness (QED) is 0.657. The molecule has 1 heterocycles. The van der Waals surface area contributed by atoms with Crippen LogP contribution < -0.4 is 0 Å². The van der Waals surface area contributed by atoms with Gasteiger partial charge in [-0.1, -0.05) is 6.42 Å². The molecule has 0 aromatic carbocycles. The average molecular weight is 217 g/mol. The highest BCUT2D eigenvalue weighted by Crippen LogP contribution is 2.17. The predicted octanol–water partition coefficient (Wildman–Crippen LogP) is 1.76. The van der Waals surface area contributed by atoms with Crippen molar-refractivity contribution >= 4 is 5.97 Å². The van der Waals surface area contributed by atoms with Crippen molar-refractivity contribution in [3.05, 3.63) is 0 Å². The van der Waals surface area contributed by atoms with Crippen LogP contribution in [0.1, 0.15) is 32.6 Å². The molecule has 1 aliphatic rings. The lowest BCUT2D eigenvalue weighted by Gasteiger charge is -2.33. The molecule has 0 radical (unpaired) electrons. The summed E-state index contributed by atoms with van der Waals surface area (Å²) in [5.41, 5.74) is 0. The van der Waals surface area contributed by atoms with Crippen LogP contribution in [0.15, 0.2) is 0 Å². The highest BCUT2D eigenvalue weighted by molar-refractivity contribution is 5.69. The molecule has 0 amide bonds. The molecule has 4 heteroatoms. The first-order valence-electron chi connectivity index (χ1n) is 5.73. The second-order valence-electron chi connectivity index (χ2n) is 3.89. The number of nitrogens with zero attached hydrogens (tertiary/aromatic N) is 1. The predicted molar refractivity (Wildman–Crippen MR) is 56.4 cm³/mol. The molecule has 0 aromatic rings. The van der Waals surface area contributed by atoms with Gasteiger partial charge in [-0.25, -0.2) is 4.39 Å². The maximum atomic E-state index is 12.6. The number of halogens is 1. The molecule has 0 aliphatic carbocycles. The molecular weight excluding hydrogens is 197 g/mol. The van der Waals surface area contributed by atoms with E-state index in [9.17, 15) is 9.18 Å². The monoisotopic (exact) mass is 217 g/mol. The number of alkyl halides is 1. The zero-order valence-electron chi connectivity index (χ0n) is 9.38. The standard InChI is InChI=1S/C11H20FNO2/c1-2-15-11(14)6-8-13-7-4-3-5-10(13)9-12/h10H,2-9H2,1H3/t10-/m1/s1. The van der Waals surface area contributed by atoms with Crippen molar-refractivity contribution in [3.8, 4) is 0 Å². The van der Waals surface area contributed by atoms with Gasteiger partial charge in [0.1, 0.15) is 6.67 Å². The fourth-order valence-corrected chi connectivity index (χ4v) is 2.00. The summed E-state index contributed by atoms with van der Waals surface area (Å²) >= 11 is 0. The molecule has 1 saturated heterocycles. The number of hydrogen-bond donors (Lipinski definition) is 0. The Morgan fingerprint density at radius 1 is 1.53 bits per heavy atom. The smallest absolute Gasteiger partial charge is 0.307 e. The number of hydrogen-bond acceptors (Lipinski definition) is 3. The summed E-state index contributed by atoms with van der Waals surface area (Å²) < 4.78 is 17.5. The van der Waals surface area contributed by atoms with Crippen LogP contribution in [-0.4, -0.2) is 43.3 Å². The molecule has 1 rings (SSSR count). The van der Waals surface area contributed by atoms with Gasteiger partial charge in [0.2, 0.25) is 0 Å². The highest BCUT2D eigenvalue weighted by atomic mass is 19.1. The highest BCUT2D eigenvalue weighted by Gasteiger charge is 2.22. The van der Waals surface area contributed by atoms with E-state index in [1.54, 1.807) is 6.92 Å². The molecule has 0 N–H and O–H groups in total. The summed E-state index contributed by atoms with van der Waals surface area (Å²) in [5.74, 6) is -0.180. The molecule has 0 spiro atoms. The Morgan fingerprint density at radius 3 is 3.00 bits per heavy atom. The number of piperidine rings is 1. The summed E-state index contributed by atoms with van der Waals surface area (Å²) in [5, 5.41) is 0. The van der Waals surface area contributed by atoms with Gasteiger partial charge in [-0.3, -0.25) is 9.69 Å². The van der Waals surface area contributed by atoms with Gasteiger partial charge in [0.15, 0.2) is 0 Å². The molecule has 1 aliphatic heterocycles. The van der Waals surface area contributed by atoms with Crippen LogP contribution in [0.25, 0.3) is 0 Å². The Bertz CT molecular complexity index is 199. The van der Waals surface area contributed by atoms with Gasteiger partial charge >= 0.3 is 5.97 Å². The van der Waals surface area contributed by atoms with E-state index in [1.807, 2.05) is 0 Å². The maximum Gasteiger partial charge on any atom is 0.307 e. The first-order chi connectivity index (χ1) is 7.27. The van der Waals surface area contributed by atoms with E-state index in [-0.39, 0.29) is 18.7 Å². The lowest BCUT2D eigenvalue weighted by Crippen LogP contribution is -2.42. The van der Waals surface area contributed by atoms with Gasteiger partial charge in [0, 0.05) is 12.6 Å². The Morgan fingerprint density at radius 2 is 2.33 bits per heavy atom. The zero-order chi connectivity index (χ0) is 11.1. The second kappa shape index (κ2) is 6.77. The number of rotatable bonds is 5. The van der Waals surface area contributed by atoms with Crippen LogP contribution in [0.5, 0.6) is 0 Å². The van der Waals surface area contributed by atoms with Crippen molar-refractivity contribution in [2.24, 2.45) is 0 Å². The molecule has 1 atom stereocenters. The molecule has 15 heavy (non-hydrogen) atoms. The zero-order valence-corrected chi connectivity index (χ0v) is 9.38.